The quantitative estimate of drug-likeness (QED) is 0.856. The lowest BCUT2D eigenvalue weighted by atomic mass is 9.92. The average Bonchev–Trinajstić information content (AvgIpc) is 3.22. The van der Waals surface area contributed by atoms with E-state index in [4.69, 9.17) is 14.3 Å². The van der Waals surface area contributed by atoms with Gasteiger partial charge in [-0.2, -0.15) is 5.06 Å². The third kappa shape index (κ3) is 2.51. The fourth-order valence-corrected chi connectivity index (χ4v) is 3.81. The lowest BCUT2D eigenvalue weighted by molar-refractivity contribution is -0.214. The van der Waals surface area contributed by atoms with Crippen molar-refractivity contribution in [2.24, 2.45) is 0 Å². The largest absolute Gasteiger partial charge is 0.467 e. The smallest absolute Gasteiger partial charge is 0.337 e. The van der Waals surface area contributed by atoms with Crippen molar-refractivity contribution in [2.45, 2.75) is 38.0 Å². The van der Waals surface area contributed by atoms with Gasteiger partial charge in [-0.25, -0.2) is 4.79 Å². The third-order valence-corrected chi connectivity index (χ3v) is 4.90. The summed E-state index contributed by atoms with van der Waals surface area (Å²) in [6.45, 7) is 2.08. The van der Waals surface area contributed by atoms with E-state index in [2.05, 4.69) is 4.98 Å². The molecule has 2 aliphatic heterocycles. The first-order chi connectivity index (χ1) is 12.1. The number of hydroxylamine groups is 2. The first-order valence-corrected chi connectivity index (χ1v) is 8.43. The number of para-hydroxylation sites is 1. The SMILES string of the molecule is CCOC(=O)[C@@H]1Cc2c([nH]c3ccccc23)[C@H]2C[C@H](C(=O)OC)ON21. The number of carbonyl (C=O) groups is 2. The minimum absolute atomic E-state index is 0.213. The summed E-state index contributed by atoms with van der Waals surface area (Å²) in [6.07, 6.45) is 0.189. The van der Waals surface area contributed by atoms with E-state index in [0.29, 0.717) is 19.4 Å². The van der Waals surface area contributed by atoms with E-state index in [1.807, 2.05) is 24.3 Å². The van der Waals surface area contributed by atoms with E-state index in [0.717, 1.165) is 22.2 Å². The Morgan fingerprint density at radius 3 is 2.88 bits per heavy atom. The molecule has 3 heterocycles. The number of nitrogens with one attached hydrogen (secondary N) is 1. The molecule has 0 saturated carbocycles. The first-order valence-electron chi connectivity index (χ1n) is 8.43. The van der Waals surface area contributed by atoms with Crippen LogP contribution in [0.15, 0.2) is 24.3 Å². The van der Waals surface area contributed by atoms with E-state index in [1.54, 1.807) is 12.0 Å². The number of aromatic nitrogens is 1. The van der Waals surface area contributed by atoms with Crippen LogP contribution in [0.5, 0.6) is 0 Å². The summed E-state index contributed by atoms with van der Waals surface area (Å²) in [5.41, 5.74) is 3.09. The fourth-order valence-electron chi connectivity index (χ4n) is 3.81. The van der Waals surface area contributed by atoms with Gasteiger partial charge in [-0.05, 0) is 18.6 Å². The van der Waals surface area contributed by atoms with Gasteiger partial charge in [-0.3, -0.25) is 9.63 Å². The van der Waals surface area contributed by atoms with Crippen molar-refractivity contribution < 1.29 is 23.9 Å². The van der Waals surface area contributed by atoms with Gasteiger partial charge in [0.2, 0.25) is 0 Å². The van der Waals surface area contributed by atoms with Crippen LogP contribution in [-0.4, -0.2) is 47.8 Å². The van der Waals surface area contributed by atoms with Crippen molar-refractivity contribution in [1.29, 1.82) is 0 Å². The standard InChI is InChI=1S/C18H20N2O5/c1-3-24-17(21)14-8-11-10-6-4-5-7-12(10)19-16(11)13-9-15(18(22)23-2)25-20(13)14/h4-7,13-15,19H,3,8-9H2,1-2H3/t13-,14+,15-/m1/s1. The Morgan fingerprint density at radius 1 is 1.32 bits per heavy atom. The molecule has 1 aromatic heterocycles. The fraction of sp³-hybridized carbons (Fsp3) is 0.444. The van der Waals surface area contributed by atoms with Gasteiger partial charge in [-0.15, -0.1) is 0 Å². The Morgan fingerprint density at radius 2 is 2.12 bits per heavy atom. The van der Waals surface area contributed by atoms with Crippen molar-refractivity contribution in [3.05, 3.63) is 35.5 Å². The Bertz CT molecular complexity index is 830. The van der Waals surface area contributed by atoms with Crippen LogP contribution in [0.3, 0.4) is 0 Å². The predicted molar refractivity (Wildman–Crippen MR) is 88.5 cm³/mol. The maximum Gasteiger partial charge on any atom is 0.337 e. The lowest BCUT2D eigenvalue weighted by Gasteiger charge is -2.34. The summed E-state index contributed by atoms with van der Waals surface area (Å²) < 4.78 is 10.0. The summed E-state index contributed by atoms with van der Waals surface area (Å²) in [4.78, 5) is 33.6. The zero-order chi connectivity index (χ0) is 17.6. The van der Waals surface area contributed by atoms with Crippen LogP contribution in [-0.2, 0) is 30.3 Å². The predicted octanol–water partition coefficient (Wildman–Crippen LogP) is 1.88. The summed E-state index contributed by atoms with van der Waals surface area (Å²) in [7, 11) is 1.33. The number of carbonyl (C=O) groups excluding carboxylic acids is 2. The molecule has 0 unspecified atom stereocenters. The highest BCUT2D eigenvalue weighted by atomic mass is 16.7. The van der Waals surface area contributed by atoms with Gasteiger partial charge >= 0.3 is 11.9 Å². The van der Waals surface area contributed by atoms with Gasteiger partial charge in [0.25, 0.3) is 0 Å². The van der Waals surface area contributed by atoms with Crippen LogP contribution < -0.4 is 0 Å². The summed E-state index contributed by atoms with van der Waals surface area (Å²) in [6, 6.07) is 7.19. The van der Waals surface area contributed by atoms with Gasteiger partial charge < -0.3 is 14.5 Å². The van der Waals surface area contributed by atoms with Crippen LogP contribution in [0, 0.1) is 0 Å². The molecule has 1 saturated heterocycles. The average molecular weight is 344 g/mol. The number of fused-ring (bicyclic) bond motifs is 5. The number of nitrogens with zero attached hydrogens (tertiary/aromatic N) is 1. The zero-order valence-corrected chi connectivity index (χ0v) is 14.2. The molecule has 7 nitrogen and oxygen atoms in total. The Labute approximate surface area is 144 Å². The molecule has 1 aromatic carbocycles. The molecule has 4 rings (SSSR count). The van der Waals surface area contributed by atoms with E-state index in [-0.39, 0.29) is 12.0 Å². The lowest BCUT2D eigenvalue weighted by Crippen LogP contribution is -2.46. The molecule has 7 heteroatoms. The Kier molecular flexibility index (Phi) is 3.97. The highest BCUT2D eigenvalue weighted by Gasteiger charge is 2.49. The van der Waals surface area contributed by atoms with Gasteiger partial charge in [0.15, 0.2) is 6.10 Å². The van der Waals surface area contributed by atoms with Crippen molar-refractivity contribution in [2.75, 3.05) is 13.7 Å². The van der Waals surface area contributed by atoms with Crippen LogP contribution in [0.2, 0.25) is 0 Å². The molecule has 1 fully saturated rings. The molecule has 2 aliphatic rings. The number of hydrogen-bond donors (Lipinski definition) is 1. The van der Waals surface area contributed by atoms with Crippen LogP contribution >= 0.6 is 0 Å². The second kappa shape index (κ2) is 6.16. The molecule has 0 bridgehead atoms. The number of benzene rings is 1. The molecule has 1 N–H and O–H groups in total. The zero-order valence-electron chi connectivity index (χ0n) is 14.2. The second-order valence-corrected chi connectivity index (χ2v) is 6.26. The molecular weight excluding hydrogens is 324 g/mol. The highest BCUT2D eigenvalue weighted by molar-refractivity contribution is 5.87. The van der Waals surface area contributed by atoms with Gasteiger partial charge in [0, 0.05) is 29.4 Å². The van der Waals surface area contributed by atoms with Gasteiger partial charge in [-0.1, -0.05) is 18.2 Å². The van der Waals surface area contributed by atoms with Gasteiger partial charge in [0.1, 0.15) is 6.04 Å². The second-order valence-electron chi connectivity index (χ2n) is 6.26. The van der Waals surface area contributed by atoms with Gasteiger partial charge in [0.05, 0.1) is 19.8 Å². The molecule has 0 radical (unpaired) electrons. The highest BCUT2D eigenvalue weighted by Crippen LogP contribution is 2.44. The first kappa shape index (κ1) is 16.1. The number of aromatic amines is 1. The molecule has 3 atom stereocenters. The molecule has 0 amide bonds. The number of H-pyrrole nitrogens is 1. The van der Waals surface area contributed by atoms with Crippen molar-refractivity contribution in [3.8, 4) is 0 Å². The minimum atomic E-state index is -0.718. The normalized spacial score (nSPS) is 25.4. The monoisotopic (exact) mass is 344 g/mol. The number of hydrogen-bond acceptors (Lipinski definition) is 6. The van der Waals surface area contributed by atoms with E-state index >= 15 is 0 Å². The maximum atomic E-state index is 12.5. The topological polar surface area (TPSA) is 80.9 Å². The number of rotatable bonds is 3. The van der Waals surface area contributed by atoms with Crippen molar-refractivity contribution in [3.63, 3.8) is 0 Å². The van der Waals surface area contributed by atoms with E-state index < -0.39 is 18.1 Å². The third-order valence-electron chi connectivity index (χ3n) is 4.90. The van der Waals surface area contributed by atoms with Crippen LogP contribution in [0.25, 0.3) is 10.9 Å². The van der Waals surface area contributed by atoms with Crippen molar-refractivity contribution >= 4 is 22.8 Å². The number of ether oxygens (including phenoxy) is 2. The summed E-state index contributed by atoms with van der Waals surface area (Å²) in [5.74, 6) is -0.774. The Balaban J connectivity index is 1.78. The van der Waals surface area contributed by atoms with E-state index in [1.165, 1.54) is 7.11 Å². The minimum Gasteiger partial charge on any atom is -0.467 e. The summed E-state index contributed by atoms with van der Waals surface area (Å²) >= 11 is 0. The molecule has 0 spiro atoms. The number of methoxy groups -OCH3 is 1. The van der Waals surface area contributed by atoms with E-state index in [9.17, 15) is 9.59 Å². The number of esters is 2. The summed E-state index contributed by atoms with van der Waals surface area (Å²) in [5, 5.41) is 2.70. The molecule has 132 valence electrons. The maximum absolute atomic E-state index is 12.5. The molecule has 25 heavy (non-hydrogen) atoms. The molecule has 0 aliphatic carbocycles. The van der Waals surface area contributed by atoms with Crippen LogP contribution in [0.4, 0.5) is 0 Å². The van der Waals surface area contributed by atoms with Crippen LogP contribution in [0.1, 0.15) is 30.6 Å². The molecular formula is C18H20N2O5. The Hall–Kier alpha value is -2.38. The molecule has 2 aromatic rings. The van der Waals surface area contributed by atoms with Crippen molar-refractivity contribution in [1.82, 2.24) is 10.0 Å².